The van der Waals surface area contributed by atoms with Gasteiger partial charge < -0.3 is 0 Å². The Labute approximate surface area is 72.4 Å². The summed E-state index contributed by atoms with van der Waals surface area (Å²) in [6.45, 7) is 2.06. The van der Waals surface area contributed by atoms with Crippen molar-refractivity contribution in [3.63, 3.8) is 0 Å². The fraction of sp³-hybridized carbons (Fsp3) is 0.600. The molecule has 0 aromatic heterocycles. The van der Waals surface area contributed by atoms with Crippen LogP contribution in [0.15, 0.2) is 8.96 Å². The summed E-state index contributed by atoms with van der Waals surface area (Å²) in [4.78, 5) is 0. The third-order valence-electron chi connectivity index (χ3n) is 0.809. The van der Waals surface area contributed by atoms with Crippen molar-refractivity contribution in [2.24, 2.45) is 0 Å². The summed E-state index contributed by atoms with van der Waals surface area (Å²) in [6.07, 6.45) is 1.04. The van der Waals surface area contributed by atoms with Crippen molar-refractivity contribution in [1.29, 1.82) is 0 Å². The molecule has 3 heteroatoms. The Morgan fingerprint density at radius 2 is 2.00 bits per heavy atom. The Morgan fingerprint density at radius 3 is 2.12 bits per heavy atom. The van der Waals surface area contributed by atoms with Gasteiger partial charge in [-0.05, 0) is 51.0 Å². The zero-order valence-corrected chi connectivity index (χ0v) is 8.68. The molecule has 0 saturated carbocycles. The molecule has 0 rings (SSSR count). The maximum Gasteiger partial charge on any atom is 0.0593 e. The molecule has 48 valence electrons. The maximum absolute atomic E-state index is 4.08. The van der Waals surface area contributed by atoms with E-state index in [2.05, 4.69) is 51.4 Å². The van der Waals surface area contributed by atoms with Gasteiger partial charge in [0.15, 0.2) is 0 Å². The summed E-state index contributed by atoms with van der Waals surface area (Å²) in [6, 6.07) is 0. The Kier molecular flexibility index (Phi) is 5.53. The highest BCUT2D eigenvalue weighted by molar-refractivity contribution is 9.28. The summed E-state index contributed by atoms with van der Waals surface area (Å²) >= 11 is 10.7. The second-order valence-corrected chi connectivity index (χ2v) is 4.61. The highest BCUT2D eigenvalue weighted by Crippen LogP contribution is 2.20. The smallest absolute Gasteiger partial charge is 0.0593 e. The molecule has 0 heterocycles. The number of rotatable bonds is 2. The Hall–Kier alpha value is 1.05. The molecule has 0 aromatic carbocycles. The lowest BCUT2D eigenvalue weighted by Gasteiger charge is -1.94. The monoisotopic (exact) mass is 258 g/mol. The lowest BCUT2D eigenvalue weighted by Crippen LogP contribution is -1.76. The van der Waals surface area contributed by atoms with E-state index in [4.69, 9.17) is 0 Å². The molecule has 0 aliphatic rings. The first-order valence-electron chi connectivity index (χ1n) is 2.30. The van der Waals surface area contributed by atoms with E-state index in [1.54, 1.807) is 0 Å². The fourth-order valence-electron chi connectivity index (χ4n) is 0.262. The van der Waals surface area contributed by atoms with Crippen LogP contribution in [0.25, 0.3) is 0 Å². The van der Waals surface area contributed by atoms with E-state index in [1.807, 2.05) is 0 Å². The molecule has 0 fully saturated rings. The van der Waals surface area contributed by atoms with Gasteiger partial charge in [0.05, 0.1) is 3.39 Å². The van der Waals surface area contributed by atoms with Gasteiger partial charge >= 0.3 is 0 Å². The molecule has 0 aliphatic heterocycles. The van der Waals surface area contributed by atoms with Gasteiger partial charge in [0, 0.05) is 0 Å². The van der Waals surface area contributed by atoms with Gasteiger partial charge in [-0.25, -0.2) is 0 Å². The summed E-state index contributed by atoms with van der Waals surface area (Å²) in [7, 11) is 0. The number of hydrogen-bond acceptors (Lipinski definition) is 1. The van der Waals surface area contributed by atoms with E-state index in [0.717, 1.165) is 15.6 Å². The predicted octanol–water partition coefficient (Wildman–Crippen LogP) is 3.33. The Morgan fingerprint density at radius 1 is 1.50 bits per heavy atom. The number of hydrogen-bond donors (Lipinski definition) is 1. The first-order chi connectivity index (χ1) is 3.68. The van der Waals surface area contributed by atoms with Gasteiger partial charge in [-0.3, -0.25) is 0 Å². The van der Waals surface area contributed by atoms with Gasteiger partial charge in [-0.2, -0.15) is 12.6 Å². The van der Waals surface area contributed by atoms with Gasteiger partial charge in [-0.1, -0.05) is 5.57 Å². The van der Waals surface area contributed by atoms with Crippen LogP contribution in [0.1, 0.15) is 13.3 Å². The van der Waals surface area contributed by atoms with Crippen LogP contribution in [0.3, 0.4) is 0 Å². The van der Waals surface area contributed by atoms with Crippen LogP contribution in [0.5, 0.6) is 0 Å². The first-order valence-corrected chi connectivity index (χ1v) is 4.52. The molecule has 0 radical (unpaired) electrons. The molecule has 0 spiro atoms. The van der Waals surface area contributed by atoms with Crippen molar-refractivity contribution in [2.45, 2.75) is 13.3 Å². The van der Waals surface area contributed by atoms with Crippen molar-refractivity contribution in [1.82, 2.24) is 0 Å². The largest absolute Gasteiger partial charge is 0.179 e. The maximum atomic E-state index is 4.08. The molecule has 0 amide bonds. The minimum Gasteiger partial charge on any atom is -0.179 e. The molecule has 0 bridgehead atoms. The van der Waals surface area contributed by atoms with Crippen LogP contribution in [0.4, 0.5) is 0 Å². The molecule has 0 unspecified atom stereocenters. The van der Waals surface area contributed by atoms with Gasteiger partial charge in [0.2, 0.25) is 0 Å². The molecular weight excluding hydrogens is 252 g/mol. The van der Waals surface area contributed by atoms with Crippen LogP contribution >= 0.6 is 44.5 Å². The van der Waals surface area contributed by atoms with Crippen molar-refractivity contribution >= 4 is 44.5 Å². The van der Waals surface area contributed by atoms with Crippen molar-refractivity contribution in [3.05, 3.63) is 8.96 Å². The van der Waals surface area contributed by atoms with Crippen LogP contribution < -0.4 is 0 Å². The Bertz CT molecular complexity index is 94.6. The third kappa shape index (κ3) is 3.98. The average molecular weight is 260 g/mol. The van der Waals surface area contributed by atoms with Crippen LogP contribution in [-0.4, -0.2) is 5.75 Å². The molecule has 0 atom stereocenters. The first kappa shape index (κ1) is 9.05. The standard InChI is InChI=1S/C5H8Br2S/c1-4(2-3-8)5(6)7/h8H,2-3H2,1H3. The van der Waals surface area contributed by atoms with Crippen LogP contribution in [-0.2, 0) is 0 Å². The molecule has 0 nitrogen and oxygen atoms in total. The summed E-state index contributed by atoms with van der Waals surface area (Å²) in [5.41, 5.74) is 1.31. The van der Waals surface area contributed by atoms with E-state index >= 15 is 0 Å². The average Bonchev–Trinajstić information content (AvgIpc) is 1.67. The van der Waals surface area contributed by atoms with E-state index in [-0.39, 0.29) is 0 Å². The van der Waals surface area contributed by atoms with Gasteiger partial charge in [0.25, 0.3) is 0 Å². The van der Waals surface area contributed by atoms with Gasteiger partial charge in [0.1, 0.15) is 0 Å². The third-order valence-corrected chi connectivity index (χ3v) is 2.39. The van der Waals surface area contributed by atoms with Gasteiger partial charge in [-0.15, -0.1) is 0 Å². The molecule has 8 heavy (non-hydrogen) atoms. The fourth-order valence-corrected chi connectivity index (χ4v) is 0.994. The van der Waals surface area contributed by atoms with Crippen LogP contribution in [0, 0.1) is 0 Å². The number of thiol groups is 1. The van der Waals surface area contributed by atoms with E-state index in [1.165, 1.54) is 5.57 Å². The van der Waals surface area contributed by atoms with E-state index in [0.29, 0.717) is 0 Å². The van der Waals surface area contributed by atoms with Crippen molar-refractivity contribution in [3.8, 4) is 0 Å². The van der Waals surface area contributed by atoms with Crippen molar-refractivity contribution < 1.29 is 0 Å². The quantitative estimate of drug-likeness (QED) is 0.723. The number of allylic oxidation sites excluding steroid dienone is 1. The second-order valence-electron chi connectivity index (χ2n) is 1.51. The molecule has 0 aromatic rings. The molecule has 0 saturated heterocycles. The zero-order chi connectivity index (χ0) is 6.57. The highest BCUT2D eigenvalue weighted by atomic mass is 79.9. The second kappa shape index (κ2) is 4.89. The highest BCUT2D eigenvalue weighted by Gasteiger charge is 1.90. The van der Waals surface area contributed by atoms with Crippen molar-refractivity contribution in [2.75, 3.05) is 5.75 Å². The zero-order valence-electron chi connectivity index (χ0n) is 4.62. The minimum atomic E-state index is 0.909. The Balaban J connectivity index is 3.62. The SMILES string of the molecule is CC(CCS)=C(Br)Br. The van der Waals surface area contributed by atoms with E-state index in [9.17, 15) is 0 Å². The molecule has 0 N–H and O–H groups in total. The summed E-state index contributed by atoms with van der Waals surface area (Å²) in [5.74, 6) is 0.909. The van der Waals surface area contributed by atoms with E-state index < -0.39 is 0 Å². The normalized spacial score (nSPS) is 9.00. The lowest BCUT2D eigenvalue weighted by atomic mass is 10.3. The van der Waals surface area contributed by atoms with Crippen LogP contribution in [0.2, 0.25) is 0 Å². The topological polar surface area (TPSA) is 0 Å². The molecular formula is C5H8Br2S. The summed E-state index contributed by atoms with van der Waals surface area (Å²) in [5, 5.41) is 0. The lowest BCUT2D eigenvalue weighted by molar-refractivity contribution is 1.13. The predicted molar refractivity (Wildman–Crippen MR) is 49.0 cm³/mol. The molecule has 0 aliphatic carbocycles. The summed E-state index contributed by atoms with van der Waals surface area (Å²) < 4.78 is 1.05. The number of halogens is 2. The minimum absolute atomic E-state index is 0.909.